The van der Waals surface area contributed by atoms with Crippen molar-refractivity contribution in [3.63, 3.8) is 0 Å². The molecule has 0 aliphatic heterocycles. The Labute approximate surface area is 105 Å². The molecule has 2 N–H and O–H groups in total. The number of rotatable bonds is 3. The lowest BCUT2D eigenvalue weighted by Crippen LogP contribution is -2.13. The molecule has 2 heterocycles. The monoisotopic (exact) mass is 267 g/mol. The zero-order valence-corrected chi connectivity index (χ0v) is 10.4. The van der Waals surface area contributed by atoms with Gasteiger partial charge >= 0.3 is 11.9 Å². The molecule has 0 aromatic carbocycles. The van der Waals surface area contributed by atoms with E-state index in [9.17, 15) is 14.4 Å². The molecule has 0 aliphatic carbocycles. The van der Waals surface area contributed by atoms with Crippen molar-refractivity contribution in [3.05, 3.63) is 22.2 Å². The van der Waals surface area contributed by atoms with Crippen molar-refractivity contribution in [1.29, 1.82) is 0 Å². The van der Waals surface area contributed by atoms with Crippen LogP contribution in [0.25, 0.3) is 10.2 Å². The molecule has 18 heavy (non-hydrogen) atoms. The summed E-state index contributed by atoms with van der Waals surface area (Å²) < 4.78 is 5.20. The summed E-state index contributed by atoms with van der Waals surface area (Å²) in [5.74, 6) is -3.08. The van der Waals surface area contributed by atoms with E-state index in [1.54, 1.807) is 6.92 Å². The van der Waals surface area contributed by atoms with E-state index in [-0.39, 0.29) is 11.3 Å². The number of carbonyl (C=O) groups is 3. The van der Waals surface area contributed by atoms with Crippen molar-refractivity contribution in [2.75, 3.05) is 7.11 Å². The number of Topliss-reactive ketones (excluding diaryl/α,β-unsaturated/α-hetero) is 1. The van der Waals surface area contributed by atoms with Crippen LogP contribution in [0.5, 0.6) is 0 Å². The van der Waals surface area contributed by atoms with Crippen LogP contribution in [0.3, 0.4) is 0 Å². The van der Waals surface area contributed by atoms with Crippen LogP contribution in [-0.2, 0) is 9.53 Å². The molecule has 2 aromatic heterocycles. The van der Waals surface area contributed by atoms with Crippen molar-refractivity contribution in [3.8, 4) is 0 Å². The van der Waals surface area contributed by atoms with Gasteiger partial charge in [0.05, 0.1) is 22.9 Å². The Bertz CT molecular complexity index is 666. The van der Waals surface area contributed by atoms with E-state index >= 15 is 0 Å². The number of nitrogens with one attached hydrogen (secondary N) is 1. The minimum absolute atomic E-state index is 0.0950. The summed E-state index contributed by atoms with van der Waals surface area (Å²) in [7, 11) is 1.24. The van der Waals surface area contributed by atoms with Gasteiger partial charge in [-0.25, -0.2) is 9.59 Å². The predicted octanol–water partition coefficient (Wildman–Crippen LogP) is 1.59. The number of aromatic amines is 1. The molecule has 0 atom stereocenters. The molecule has 7 heteroatoms. The summed E-state index contributed by atoms with van der Waals surface area (Å²) in [5.41, 5.74) is 0.654. The Hall–Kier alpha value is -2.15. The van der Waals surface area contributed by atoms with Gasteiger partial charge in [0.1, 0.15) is 5.69 Å². The van der Waals surface area contributed by atoms with Gasteiger partial charge in [-0.15, -0.1) is 11.3 Å². The van der Waals surface area contributed by atoms with Crippen LogP contribution >= 0.6 is 11.3 Å². The van der Waals surface area contributed by atoms with E-state index in [1.165, 1.54) is 24.5 Å². The highest BCUT2D eigenvalue weighted by Crippen LogP contribution is 2.31. The lowest BCUT2D eigenvalue weighted by Gasteiger charge is -1.96. The number of ketones is 1. The molecule has 0 fully saturated rings. The van der Waals surface area contributed by atoms with E-state index in [0.717, 1.165) is 0 Å². The standard InChI is InChI=1S/C11H9NO5S/c1-4-7(9(13)10(14)15)8-6(18-4)3-5(12-8)11(16)17-2/h3,12H,1-2H3,(H,14,15). The van der Waals surface area contributed by atoms with Gasteiger partial charge in [0, 0.05) is 4.88 Å². The first kappa shape index (κ1) is 12.3. The maximum absolute atomic E-state index is 11.6. The molecule has 0 saturated heterocycles. The maximum Gasteiger partial charge on any atom is 0.377 e. The van der Waals surface area contributed by atoms with E-state index in [4.69, 9.17) is 5.11 Å². The van der Waals surface area contributed by atoms with Crippen LogP contribution in [0.2, 0.25) is 0 Å². The molecule has 2 rings (SSSR count). The summed E-state index contributed by atoms with van der Waals surface area (Å²) in [6.07, 6.45) is 0. The molecule has 2 aromatic rings. The minimum Gasteiger partial charge on any atom is -0.475 e. The van der Waals surface area contributed by atoms with Gasteiger partial charge < -0.3 is 14.8 Å². The molecular weight excluding hydrogens is 258 g/mol. The number of hydrogen-bond donors (Lipinski definition) is 2. The van der Waals surface area contributed by atoms with Gasteiger partial charge in [0.15, 0.2) is 0 Å². The normalized spacial score (nSPS) is 10.6. The molecular formula is C11H9NO5S. The number of ether oxygens (including phenoxy) is 1. The van der Waals surface area contributed by atoms with Crippen LogP contribution in [0, 0.1) is 6.92 Å². The van der Waals surface area contributed by atoms with Crippen LogP contribution in [0.15, 0.2) is 6.07 Å². The number of hydrogen-bond acceptors (Lipinski definition) is 5. The topological polar surface area (TPSA) is 96.5 Å². The highest BCUT2D eigenvalue weighted by Gasteiger charge is 2.24. The van der Waals surface area contributed by atoms with Crippen molar-refractivity contribution in [1.82, 2.24) is 4.98 Å². The summed E-state index contributed by atoms with van der Waals surface area (Å²) >= 11 is 1.25. The predicted molar refractivity (Wildman–Crippen MR) is 64.2 cm³/mol. The number of aryl methyl sites for hydroxylation is 1. The Morgan fingerprint density at radius 3 is 2.61 bits per heavy atom. The molecule has 0 unspecified atom stereocenters. The second-order valence-electron chi connectivity index (χ2n) is 3.58. The van der Waals surface area contributed by atoms with E-state index in [2.05, 4.69) is 9.72 Å². The SMILES string of the molecule is COC(=O)c1cc2sc(C)c(C(=O)C(=O)O)c2[nH]1. The number of H-pyrrole nitrogens is 1. The minimum atomic E-state index is -1.52. The fraction of sp³-hybridized carbons (Fsp3) is 0.182. The van der Waals surface area contributed by atoms with Crippen LogP contribution < -0.4 is 0 Å². The molecule has 0 spiro atoms. The fourth-order valence-corrected chi connectivity index (χ4v) is 2.75. The third-order valence-corrected chi connectivity index (χ3v) is 3.53. The Kier molecular flexibility index (Phi) is 2.92. The number of fused-ring (bicyclic) bond motifs is 1. The zero-order chi connectivity index (χ0) is 13.4. The van der Waals surface area contributed by atoms with E-state index in [1.807, 2.05) is 0 Å². The average molecular weight is 267 g/mol. The average Bonchev–Trinajstić information content (AvgIpc) is 2.83. The maximum atomic E-state index is 11.6. The third kappa shape index (κ3) is 1.78. The van der Waals surface area contributed by atoms with Gasteiger partial charge in [-0.2, -0.15) is 0 Å². The van der Waals surface area contributed by atoms with Crippen molar-refractivity contribution < 1.29 is 24.2 Å². The molecule has 0 radical (unpaired) electrons. The Morgan fingerprint density at radius 2 is 2.06 bits per heavy atom. The lowest BCUT2D eigenvalue weighted by atomic mass is 10.1. The van der Waals surface area contributed by atoms with E-state index in [0.29, 0.717) is 15.1 Å². The van der Waals surface area contributed by atoms with Crippen molar-refractivity contribution in [2.45, 2.75) is 6.92 Å². The molecule has 0 bridgehead atoms. The quantitative estimate of drug-likeness (QED) is 0.500. The Balaban J connectivity index is 2.62. The number of methoxy groups -OCH3 is 1. The molecule has 6 nitrogen and oxygen atoms in total. The smallest absolute Gasteiger partial charge is 0.377 e. The largest absolute Gasteiger partial charge is 0.475 e. The first-order valence-corrected chi connectivity index (χ1v) is 5.75. The number of carboxylic acid groups (broad SMARTS) is 1. The van der Waals surface area contributed by atoms with Gasteiger partial charge in [-0.05, 0) is 13.0 Å². The molecule has 0 aliphatic rings. The molecule has 0 saturated carbocycles. The number of aliphatic carboxylic acids is 1. The van der Waals surface area contributed by atoms with Crippen LogP contribution in [-0.4, -0.2) is 34.9 Å². The van der Waals surface area contributed by atoms with Crippen LogP contribution in [0.4, 0.5) is 0 Å². The second kappa shape index (κ2) is 4.26. The van der Waals surface area contributed by atoms with Gasteiger partial charge in [0.2, 0.25) is 0 Å². The van der Waals surface area contributed by atoms with Crippen molar-refractivity contribution in [2.24, 2.45) is 0 Å². The van der Waals surface area contributed by atoms with Crippen LogP contribution in [0.1, 0.15) is 25.7 Å². The second-order valence-corrected chi connectivity index (χ2v) is 4.84. The fourth-order valence-electron chi connectivity index (χ4n) is 1.69. The first-order chi connectivity index (χ1) is 8.45. The highest BCUT2D eigenvalue weighted by molar-refractivity contribution is 7.19. The van der Waals surface area contributed by atoms with Gasteiger partial charge in [0.25, 0.3) is 5.78 Å². The number of thiophene rings is 1. The summed E-state index contributed by atoms with van der Waals surface area (Å²) in [5, 5.41) is 8.75. The van der Waals surface area contributed by atoms with Gasteiger partial charge in [-0.1, -0.05) is 0 Å². The lowest BCUT2D eigenvalue weighted by molar-refractivity contribution is -0.131. The van der Waals surface area contributed by atoms with Crippen molar-refractivity contribution >= 4 is 39.3 Å². The number of aromatic nitrogens is 1. The number of carboxylic acids is 1. The number of carbonyl (C=O) groups excluding carboxylic acids is 2. The number of esters is 1. The Morgan fingerprint density at radius 1 is 1.39 bits per heavy atom. The zero-order valence-electron chi connectivity index (χ0n) is 9.57. The first-order valence-electron chi connectivity index (χ1n) is 4.93. The molecule has 94 valence electrons. The summed E-state index contributed by atoms with van der Waals surface area (Å²) in [4.78, 5) is 37.0. The summed E-state index contributed by atoms with van der Waals surface area (Å²) in [6, 6.07) is 1.54. The van der Waals surface area contributed by atoms with E-state index < -0.39 is 17.7 Å². The molecule has 0 amide bonds. The van der Waals surface area contributed by atoms with Gasteiger partial charge in [-0.3, -0.25) is 4.79 Å². The summed E-state index contributed by atoms with van der Waals surface area (Å²) in [6.45, 7) is 1.66. The highest BCUT2D eigenvalue weighted by atomic mass is 32.1. The third-order valence-electron chi connectivity index (χ3n) is 2.47.